The number of nitrogens with zero attached hydrogens (tertiary/aromatic N) is 3. The Labute approximate surface area is 165 Å². The Balaban J connectivity index is 1.67. The van der Waals surface area contributed by atoms with E-state index in [2.05, 4.69) is 15.0 Å². The van der Waals surface area contributed by atoms with Gasteiger partial charge in [0, 0.05) is 18.2 Å². The summed E-state index contributed by atoms with van der Waals surface area (Å²) in [4.78, 5) is 12.5. The number of fused-ring (bicyclic) bond motifs is 1. The molecule has 4 rings (SSSR count). The van der Waals surface area contributed by atoms with Crippen LogP contribution < -0.4 is 15.2 Å². The number of halogens is 1. The van der Waals surface area contributed by atoms with Gasteiger partial charge >= 0.3 is 0 Å². The summed E-state index contributed by atoms with van der Waals surface area (Å²) in [5.74, 6) is 0.0607. The quantitative estimate of drug-likeness (QED) is 0.671. The van der Waals surface area contributed by atoms with Crippen LogP contribution in [-0.4, -0.2) is 33.3 Å². The molecule has 0 bridgehead atoms. The van der Waals surface area contributed by atoms with E-state index in [4.69, 9.17) is 15.2 Å². The maximum atomic E-state index is 15.1. The molecule has 3 aromatic rings. The lowest BCUT2D eigenvalue weighted by atomic mass is 9.87. The van der Waals surface area contributed by atoms with Gasteiger partial charge in [-0.15, -0.1) is 11.3 Å². The summed E-state index contributed by atoms with van der Waals surface area (Å²) in [5, 5.41) is 11.1. The normalized spacial score (nSPS) is 19.7. The molecule has 0 saturated heterocycles. The lowest BCUT2D eigenvalue weighted by Crippen LogP contribution is -2.22. The van der Waals surface area contributed by atoms with Crippen molar-refractivity contribution in [2.75, 3.05) is 12.8 Å². The van der Waals surface area contributed by atoms with Crippen molar-refractivity contribution in [1.82, 2.24) is 15.0 Å². The number of benzene rings is 1. The Morgan fingerprint density at radius 1 is 1.29 bits per heavy atom. The fourth-order valence-corrected chi connectivity index (χ4v) is 4.68. The van der Waals surface area contributed by atoms with E-state index in [-0.39, 0.29) is 24.2 Å². The number of methoxy groups -OCH3 is 1. The summed E-state index contributed by atoms with van der Waals surface area (Å²) in [6.07, 6.45) is 4.72. The highest BCUT2D eigenvalue weighted by molar-refractivity contribution is 7.18. The Kier molecular flexibility index (Phi) is 5.27. The molecule has 148 valence electrons. The second kappa shape index (κ2) is 7.84. The van der Waals surface area contributed by atoms with Gasteiger partial charge in [0.2, 0.25) is 5.95 Å². The highest BCUT2D eigenvalue weighted by Crippen LogP contribution is 2.42. The number of hydrogen-bond donors (Lipinski definition) is 2. The fraction of sp³-hybridized carbons (Fsp3) is 0.421. The van der Waals surface area contributed by atoms with E-state index < -0.39 is 11.9 Å². The minimum Gasteiger partial charge on any atom is -0.494 e. The predicted molar refractivity (Wildman–Crippen MR) is 104 cm³/mol. The van der Waals surface area contributed by atoms with Gasteiger partial charge in [-0.3, -0.25) is 0 Å². The van der Waals surface area contributed by atoms with Crippen molar-refractivity contribution in [3.8, 4) is 11.5 Å². The van der Waals surface area contributed by atoms with Crippen molar-refractivity contribution in [3.63, 3.8) is 0 Å². The summed E-state index contributed by atoms with van der Waals surface area (Å²) in [7, 11) is 1.51. The Morgan fingerprint density at radius 2 is 2.11 bits per heavy atom. The van der Waals surface area contributed by atoms with E-state index >= 15 is 4.39 Å². The molecule has 1 aliphatic rings. The number of ether oxygens (including phenoxy) is 2. The molecule has 1 fully saturated rings. The second-order valence-corrected chi connectivity index (χ2v) is 7.80. The van der Waals surface area contributed by atoms with Crippen LogP contribution in [0.2, 0.25) is 0 Å². The van der Waals surface area contributed by atoms with Crippen LogP contribution >= 0.6 is 11.3 Å². The smallest absolute Gasteiger partial charge is 0.220 e. The van der Waals surface area contributed by atoms with Crippen molar-refractivity contribution in [3.05, 3.63) is 34.8 Å². The number of hydrogen-bond acceptors (Lipinski definition) is 8. The molecule has 2 unspecified atom stereocenters. The summed E-state index contributed by atoms with van der Waals surface area (Å²) < 4.78 is 26.5. The lowest BCUT2D eigenvalue weighted by Gasteiger charge is -2.25. The van der Waals surface area contributed by atoms with E-state index in [1.807, 2.05) is 0 Å². The predicted octanol–water partition coefficient (Wildman–Crippen LogP) is 3.41. The Bertz CT molecular complexity index is 997. The first-order valence-corrected chi connectivity index (χ1v) is 9.93. The zero-order valence-corrected chi connectivity index (χ0v) is 16.2. The van der Waals surface area contributed by atoms with Crippen LogP contribution in [-0.2, 0) is 6.61 Å². The largest absolute Gasteiger partial charge is 0.494 e. The first kappa shape index (κ1) is 18.8. The van der Waals surface area contributed by atoms with Crippen LogP contribution in [0.3, 0.4) is 0 Å². The van der Waals surface area contributed by atoms with Crippen molar-refractivity contribution < 1.29 is 19.0 Å². The van der Waals surface area contributed by atoms with Gasteiger partial charge in [0.05, 0.1) is 28.6 Å². The molecule has 28 heavy (non-hydrogen) atoms. The third kappa shape index (κ3) is 3.59. The van der Waals surface area contributed by atoms with Gasteiger partial charge in [-0.25, -0.2) is 19.3 Å². The average Bonchev–Trinajstić information content (AvgIpc) is 3.14. The van der Waals surface area contributed by atoms with E-state index in [0.29, 0.717) is 21.7 Å². The van der Waals surface area contributed by atoms with Gasteiger partial charge in [0.15, 0.2) is 11.6 Å². The van der Waals surface area contributed by atoms with Crippen LogP contribution in [0, 0.1) is 5.82 Å². The molecule has 3 N–H and O–H groups in total. The number of aliphatic hydroxyl groups is 1. The molecule has 0 spiro atoms. The SMILES string of the molecule is COc1cc(OCc2ccnc(N)n2)c(F)c2sc(C3CCCCC3O)nc12. The number of aliphatic hydroxyl groups excluding tert-OH is 1. The van der Waals surface area contributed by atoms with Crippen LogP contribution in [0.5, 0.6) is 11.5 Å². The van der Waals surface area contributed by atoms with Gasteiger partial charge in [0.25, 0.3) is 0 Å². The van der Waals surface area contributed by atoms with Crippen LogP contribution in [0.4, 0.5) is 10.3 Å². The molecule has 0 radical (unpaired) electrons. The second-order valence-electron chi connectivity index (χ2n) is 6.77. The number of aromatic nitrogens is 3. The van der Waals surface area contributed by atoms with Crippen molar-refractivity contribution in [1.29, 1.82) is 0 Å². The Hall–Kier alpha value is -2.52. The van der Waals surface area contributed by atoms with Crippen LogP contribution in [0.1, 0.15) is 42.3 Å². The molecule has 0 amide bonds. The number of nitrogen functional groups attached to an aromatic ring is 1. The third-order valence-electron chi connectivity index (χ3n) is 4.93. The zero-order valence-electron chi connectivity index (χ0n) is 15.4. The first-order valence-electron chi connectivity index (χ1n) is 9.12. The van der Waals surface area contributed by atoms with Gasteiger partial charge < -0.3 is 20.3 Å². The first-order chi connectivity index (χ1) is 13.6. The average molecular weight is 404 g/mol. The molecule has 1 aliphatic carbocycles. The summed E-state index contributed by atoms with van der Waals surface area (Å²) in [6.45, 7) is 0.0469. The van der Waals surface area contributed by atoms with Crippen molar-refractivity contribution >= 4 is 27.5 Å². The molecular weight excluding hydrogens is 383 g/mol. The maximum Gasteiger partial charge on any atom is 0.220 e. The molecule has 9 heteroatoms. The van der Waals surface area contributed by atoms with E-state index in [0.717, 1.165) is 30.7 Å². The Morgan fingerprint density at radius 3 is 2.86 bits per heavy atom. The number of nitrogens with two attached hydrogens (primary N) is 1. The topological polar surface area (TPSA) is 103 Å². The summed E-state index contributed by atoms with van der Waals surface area (Å²) in [5.41, 5.74) is 6.56. The van der Waals surface area contributed by atoms with Crippen LogP contribution in [0.25, 0.3) is 10.2 Å². The monoisotopic (exact) mass is 404 g/mol. The standard InChI is InChI=1S/C19H21FN4O3S/c1-26-14-8-13(27-9-10-6-7-22-19(21)23-10)15(20)17-16(14)24-18(28-17)11-4-2-3-5-12(11)25/h6-8,11-12,25H,2-5,9H2,1H3,(H2,21,22,23). The van der Waals surface area contributed by atoms with Gasteiger partial charge in [0.1, 0.15) is 17.9 Å². The van der Waals surface area contributed by atoms with E-state index in [9.17, 15) is 5.11 Å². The van der Waals surface area contributed by atoms with E-state index in [1.165, 1.54) is 30.7 Å². The molecule has 1 aromatic carbocycles. The van der Waals surface area contributed by atoms with Crippen LogP contribution in [0.15, 0.2) is 18.3 Å². The zero-order chi connectivity index (χ0) is 19.7. The van der Waals surface area contributed by atoms with Crippen molar-refractivity contribution in [2.45, 2.75) is 44.3 Å². The van der Waals surface area contributed by atoms with E-state index in [1.54, 1.807) is 6.07 Å². The molecule has 2 heterocycles. The molecule has 7 nitrogen and oxygen atoms in total. The van der Waals surface area contributed by atoms with Gasteiger partial charge in [-0.2, -0.15) is 0 Å². The summed E-state index contributed by atoms with van der Waals surface area (Å²) >= 11 is 1.25. The molecule has 2 aromatic heterocycles. The lowest BCUT2D eigenvalue weighted by molar-refractivity contribution is 0.106. The van der Waals surface area contributed by atoms with Gasteiger partial charge in [-0.1, -0.05) is 12.8 Å². The number of anilines is 1. The fourth-order valence-electron chi connectivity index (χ4n) is 3.48. The third-order valence-corrected chi connectivity index (χ3v) is 6.11. The molecule has 1 saturated carbocycles. The minimum absolute atomic E-state index is 0.0469. The highest BCUT2D eigenvalue weighted by atomic mass is 32.1. The van der Waals surface area contributed by atoms with Crippen molar-refractivity contribution in [2.24, 2.45) is 0 Å². The summed E-state index contributed by atoms with van der Waals surface area (Å²) in [6, 6.07) is 3.14. The van der Waals surface area contributed by atoms with Gasteiger partial charge in [-0.05, 0) is 18.9 Å². The molecule has 0 aliphatic heterocycles. The number of thiazole rings is 1. The maximum absolute atomic E-state index is 15.1. The molecule has 2 atom stereocenters. The minimum atomic E-state index is -0.494. The number of rotatable bonds is 5. The highest BCUT2D eigenvalue weighted by Gasteiger charge is 2.29. The molecular formula is C19H21FN4O3S.